The molecule has 8 nitrogen and oxygen atoms in total. The number of likely N-dealkylation sites (N-methyl/N-ethyl adjacent to an activating group) is 1. The number of methoxy groups -OCH3 is 1. The van der Waals surface area contributed by atoms with Crippen LogP contribution in [0.3, 0.4) is 0 Å². The number of amides is 2. The minimum atomic E-state index is -0.114. The standard InChI is InChI=1S/C25H30ClN5O3.ClH/c1-27-9-10-28-24(32)17-31-16-20(19-8-7-18(26)15-22(19)31)25(33)30-13-11-29(12-14-30)21-5-3-4-6-23(21)34-2;/h3-8,15-16,27H,9-14,17H2,1-2H3,(H,28,32);1H. The van der Waals surface area contributed by atoms with E-state index in [1.807, 2.05) is 42.3 Å². The van der Waals surface area contributed by atoms with Gasteiger partial charge in [-0.1, -0.05) is 29.8 Å². The number of hydrogen-bond donors (Lipinski definition) is 2. The molecule has 188 valence electrons. The molecule has 1 aliphatic heterocycles. The van der Waals surface area contributed by atoms with E-state index in [0.717, 1.165) is 22.3 Å². The van der Waals surface area contributed by atoms with Gasteiger partial charge in [0.15, 0.2) is 0 Å². The Morgan fingerprint density at radius 3 is 2.51 bits per heavy atom. The number of piperazine rings is 1. The molecule has 0 aliphatic carbocycles. The van der Waals surface area contributed by atoms with Gasteiger partial charge in [-0.25, -0.2) is 0 Å². The molecule has 0 bridgehead atoms. The molecule has 3 aromatic rings. The van der Waals surface area contributed by atoms with E-state index in [4.69, 9.17) is 16.3 Å². The van der Waals surface area contributed by atoms with E-state index in [1.165, 1.54) is 0 Å². The minimum absolute atomic E-state index is 0. The Morgan fingerprint density at radius 2 is 1.80 bits per heavy atom. The van der Waals surface area contributed by atoms with Gasteiger partial charge in [0, 0.05) is 55.9 Å². The molecule has 2 N–H and O–H groups in total. The number of carbonyl (C=O) groups excluding carboxylic acids is 2. The fraction of sp³-hybridized carbons (Fsp3) is 0.360. The summed E-state index contributed by atoms with van der Waals surface area (Å²) in [6.45, 7) is 3.97. The van der Waals surface area contributed by atoms with Crippen molar-refractivity contribution >= 4 is 52.4 Å². The first-order chi connectivity index (χ1) is 16.5. The van der Waals surface area contributed by atoms with Crippen LogP contribution >= 0.6 is 24.0 Å². The molecule has 0 unspecified atom stereocenters. The third-order valence-corrected chi connectivity index (χ3v) is 6.31. The molecule has 1 aliphatic rings. The number of rotatable bonds is 8. The van der Waals surface area contributed by atoms with Gasteiger partial charge in [0.05, 0.1) is 23.9 Å². The van der Waals surface area contributed by atoms with Gasteiger partial charge in [-0.15, -0.1) is 12.4 Å². The summed E-state index contributed by atoms with van der Waals surface area (Å²) in [6.07, 6.45) is 1.77. The van der Waals surface area contributed by atoms with Crippen LogP contribution in [0.4, 0.5) is 5.69 Å². The van der Waals surface area contributed by atoms with Crippen molar-refractivity contribution in [2.45, 2.75) is 6.54 Å². The second kappa shape index (κ2) is 12.2. The number of hydrogen-bond acceptors (Lipinski definition) is 5. The lowest BCUT2D eigenvalue weighted by atomic mass is 10.1. The van der Waals surface area contributed by atoms with Gasteiger partial charge in [0.25, 0.3) is 5.91 Å². The first-order valence-corrected chi connectivity index (χ1v) is 11.8. The van der Waals surface area contributed by atoms with Gasteiger partial charge in [-0.3, -0.25) is 9.59 Å². The Bertz CT molecular complexity index is 1180. The summed E-state index contributed by atoms with van der Waals surface area (Å²) >= 11 is 6.23. The van der Waals surface area contributed by atoms with Crippen molar-refractivity contribution in [3.63, 3.8) is 0 Å². The zero-order chi connectivity index (χ0) is 24.1. The number of para-hydroxylation sites is 2. The molecule has 4 rings (SSSR count). The highest BCUT2D eigenvalue weighted by Gasteiger charge is 2.26. The van der Waals surface area contributed by atoms with Crippen LogP contribution in [0.5, 0.6) is 5.75 Å². The Balaban J connectivity index is 0.00000342. The normalized spacial score (nSPS) is 13.5. The van der Waals surface area contributed by atoms with Crippen LogP contribution < -0.4 is 20.3 Å². The van der Waals surface area contributed by atoms with Crippen LogP contribution in [0, 0.1) is 0 Å². The number of aromatic nitrogens is 1. The monoisotopic (exact) mass is 519 g/mol. The SMILES string of the molecule is CNCCNC(=O)Cn1cc(C(=O)N2CCN(c3ccccc3OC)CC2)c2ccc(Cl)cc21.Cl. The summed E-state index contributed by atoms with van der Waals surface area (Å²) in [4.78, 5) is 30.0. The Kier molecular flexibility index (Phi) is 9.26. The maximum Gasteiger partial charge on any atom is 0.256 e. The first kappa shape index (κ1) is 26.7. The summed E-state index contributed by atoms with van der Waals surface area (Å²) in [6, 6.07) is 13.4. The number of carbonyl (C=O) groups is 2. The van der Waals surface area contributed by atoms with Crippen LogP contribution in [0.2, 0.25) is 5.02 Å². The molecule has 0 saturated carbocycles. The van der Waals surface area contributed by atoms with E-state index in [-0.39, 0.29) is 30.8 Å². The van der Waals surface area contributed by atoms with Gasteiger partial charge >= 0.3 is 0 Å². The van der Waals surface area contributed by atoms with Crippen LogP contribution in [-0.2, 0) is 11.3 Å². The summed E-state index contributed by atoms with van der Waals surface area (Å²) in [5, 5.41) is 7.23. The van der Waals surface area contributed by atoms with Gasteiger partial charge in [0.2, 0.25) is 5.91 Å². The molecular weight excluding hydrogens is 489 g/mol. The van der Waals surface area contributed by atoms with Crippen molar-refractivity contribution < 1.29 is 14.3 Å². The van der Waals surface area contributed by atoms with Crippen LogP contribution in [0.1, 0.15) is 10.4 Å². The lowest BCUT2D eigenvalue weighted by molar-refractivity contribution is -0.121. The third-order valence-electron chi connectivity index (χ3n) is 6.08. The summed E-state index contributed by atoms with van der Waals surface area (Å²) < 4.78 is 7.29. The number of halogens is 2. The average molecular weight is 520 g/mol. The van der Waals surface area contributed by atoms with Crippen LogP contribution in [0.15, 0.2) is 48.7 Å². The molecule has 2 aromatic carbocycles. The fourth-order valence-corrected chi connectivity index (χ4v) is 4.48. The van der Waals surface area contributed by atoms with Crippen molar-refractivity contribution in [3.05, 3.63) is 59.2 Å². The second-order valence-electron chi connectivity index (χ2n) is 8.24. The van der Waals surface area contributed by atoms with E-state index in [2.05, 4.69) is 15.5 Å². The van der Waals surface area contributed by atoms with Gasteiger partial charge in [0.1, 0.15) is 12.3 Å². The van der Waals surface area contributed by atoms with Crippen LogP contribution in [-0.4, -0.2) is 74.7 Å². The maximum atomic E-state index is 13.5. The molecule has 35 heavy (non-hydrogen) atoms. The number of fused-ring (bicyclic) bond motifs is 1. The van der Waals surface area contributed by atoms with Crippen molar-refractivity contribution in [1.29, 1.82) is 0 Å². The van der Waals surface area contributed by atoms with Crippen molar-refractivity contribution in [1.82, 2.24) is 20.1 Å². The molecule has 2 amide bonds. The zero-order valence-electron chi connectivity index (χ0n) is 19.9. The Hall–Kier alpha value is -2.94. The lowest BCUT2D eigenvalue weighted by Gasteiger charge is -2.36. The minimum Gasteiger partial charge on any atom is -0.495 e. The fourth-order valence-electron chi connectivity index (χ4n) is 4.32. The highest BCUT2D eigenvalue weighted by Crippen LogP contribution is 2.30. The Morgan fingerprint density at radius 1 is 1.06 bits per heavy atom. The highest BCUT2D eigenvalue weighted by atomic mass is 35.5. The summed E-state index contributed by atoms with van der Waals surface area (Å²) in [5.74, 6) is 0.674. The number of ether oxygens (including phenoxy) is 1. The number of nitrogens with zero attached hydrogens (tertiary/aromatic N) is 3. The molecule has 0 radical (unpaired) electrons. The third kappa shape index (κ3) is 6.01. The van der Waals surface area contributed by atoms with E-state index in [1.54, 1.807) is 30.0 Å². The number of nitrogens with one attached hydrogen (secondary N) is 2. The maximum absolute atomic E-state index is 13.5. The lowest BCUT2D eigenvalue weighted by Crippen LogP contribution is -2.48. The molecular formula is C25H31Cl2N5O3. The van der Waals surface area contributed by atoms with Crippen molar-refractivity contribution in [2.24, 2.45) is 0 Å². The quantitative estimate of drug-likeness (QED) is 0.447. The van der Waals surface area contributed by atoms with Crippen molar-refractivity contribution in [3.8, 4) is 5.75 Å². The molecule has 1 aromatic heterocycles. The predicted molar refractivity (Wildman–Crippen MR) is 142 cm³/mol. The Labute approximate surface area is 216 Å². The smallest absolute Gasteiger partial charge is 0.256 e. The second-order valence-corrected chi connectivity index (χ2v) is 8.67. The van der Waals surface area contributed by atoms with E-state index in [9.17, 15) is 9.59 Å². The van der Waals surface area contributed by atoms with Gasteiger partial charge in [-0.2, -0.15) is 0 Å². The molecule has 1 saturated heterocycles. The molecule has 1 fully saturated rings. The molecule has 2 heterocycles. The molecule has 0 atom stereocenters. The number of benzene rings is 2. The molecule has 0 spiro atoms. The van der Waals surface area contributed by atoms with Gasteiger partial charge in [-0.05, 0) is 31.3 Å². The summed E-state index contributed by atoms with van der Waals surface area (Å²) in [5.41, 5.74) is 2.39. The predicted octanol–water partition coefficient (Wildman–Crippen LogP) is 3.02. The largest absolute Gasteiger partial charge is 0.495 e. The highest BCUT2D eigenvalue weighted by molar-refractivity contribution is 6.31. The average Bonchev–Trinajstić information content (AvgIpc) is 3.21. The van der Waals surface area contributed by atoms with E-state index in [0.29, 0.717) is 49.9 Å². The van der Waals surface area contributed by atoms with Crippen LogP contribution in [0.25, 0.3) is 10.9 Å². The topological polar surface area (TPSA) is 78.8 Å². The van der Waals surface area contributed by atoms with E-state index >= 15 is 0 Å². The van der Waals surface area contributed by atoms with Crippen molar-refractivity contribution in [2.75, 3.05) is 58.3 Å². The summed E-state index contributed by atoms with van der Waals surface area (Å²) in [7, 11) is 3.50. The number of anilines is 1. The zero-order valence-corrected chi connectivity index (χ0v) is 21.5. The van der Waals surface area contributed by atoms with E-state index < -0.39 is 0 Å². The molecule has 10 heteroatoms. The van der Waals surface area contributed by atoms with Gasteiger partial charge < -0.3 is 29.7 Å². The first-order valence-electron chi connectivity index (χ1n) is 11.4.